The van der Waals surface area contributed by atoms with Gasteiger partial charge in [-0.05, 0) is 70.4 Å². The molecular formula is C22H39N3O2. The molecule has 2 atom stereocenters. The van der Waals surface area contributed by atoms with Crippen molar-refractivity contribution in [1.82, 2.24) is 10.2 Å². The number of anilines is 1. The highest BCUT2D eigenvalue weighted by molar-refractivity contribution is 5.76. The normalized spacial score (nSPS) is 13.4. The molecule has 2 unspecified atom stereocenters. The van der Waals surface area contributed by atoms with E-state index in [0.29, 0.717) is 13.0 Å². The third kappa shape index (κ3) is 8.76. The van der Waals surface area contributed by atoms with Gasteiger partial charge in [0.1, 0.15) is 6.04 Å². The smallest absolute Gasteiger partial charge is 0.323 e. The van der Waals surface area contributed by atoms with Crippen molar-refractivity contribution in [1.29, 1.82) is 0 Å². The van der Waals surface area contributed by atoms with Gasteiger partial charge in [0.05, 0.1) is 6.61 Å². The Morgan fingerprint density at radius 1 is 1.11 bits per heavy atom. The van der Waals surface area contributed by atoms with Gasteiger partial charge in [0.2, 0.25) is 0 Å². The summed E-state index contributed by atoms with van der Waals surface area (Å²) in [7, 11) is 4.05. The third-order valence-corrected chi connectivity index (χ3v) is 4.96. The molecular weight excluding hydrogens is 338 g/mol. The van der Waals surface area contributed by atoms with Crippen LogP contribution in [0.15, 0.2) is 24.3 Å². The van der Waals surface area contributed by atoms with Crippen molar-refractivity contribution in [3.8, 4) is 0 Å². The summed E-state index contributed by atoms with van der Waals surface area (Å²) in [5, 5.41) is 3.49. The van der Waals surface area contributed by atoms with Gasteiger partial charge >= 0.3 is 5.97 Å². The average molecular weight is 378 g/mol. The summed E-state index contributed by atoms with van der Waals surface area (Å²) in [4.78, 5) is 16.9. The van der Waals surface area contributed by atoms with Crippen LogP contribution >= 0.6 is 0 Å². The van der Waals surface area contributed by atoms with Crippen LogP contribution in [0.4, 0.5) is 5.69 Å². The Morgan fingerprint density at radius 2 is 1.74 bits per heavy atom. The van der Waals surface area contributed by atoms with E-state index in [0.717, 1.165) is 43.7 Å². The Morgan fingerprint density at radius 3 is 2.26 bits per heavy atom. The fourth-order valence-corrected chi connectivity index (χ4v) is 3.21. The molecule has 5 heteroatoms. The minimum absolute atomic E-state index is 0.162. The Hall–Kier alpha value is -1.59. The molecule has 0 aromatic heterocycles. The first-order valence-corrected chi connectivity index (χ1v) is 10.3. The molecule has 0 amide bonds. The second-order valence-electron chi connectivity index (χ2n) is 7.31. The third-order valence-electron chi connectivity index (χ3n) is 4.96. The number of ether oxygens (including phenoxy) is 1. The molecule has 1 aromatic rings. The number of hydrogen-bond acceptors (Lipinski definition) is 5. The van der Waals surface area contributed by atoms with Crippen LogP contribution < -0.4 is 10.2 Å². The number of carbonyl (C=O) groups is 1. The summed E-state index contributed by atoms with van der Waals surface area (Å²) in [5.41, 5.74) is 2.30. The predicted molar refractivity (Wildman–Crippen MR) is 115 cm³/mol. The molecule has 0 aliphatic carbocycles. The molecule has 0 saturated heterocycles. The maximum absolute atomic E-state index is 12.4. The van der Waals surface area contributed by atoms with Gasteiger partial charge < -0.3 is 19.9 Å². The maximum Gasteiger partial charge on any atom is 0.323 e. The van der Waals surface area contributed by atoms with Gasteiger partial charge in [-0.3, -0.25) is 4.79 Å². The molecule has 27 heavy (non-hydrogen) atoms. The van der Waals surface area contributed by atoms with Crippen LogP contribution in [0.25, 0.3) is 0 Å². The molecule has 1 aromatic carbocycles. The second-order valence-corrected chi connectivity index (χ2v) is 7.31. The number of carbonyl (C=O) groups excluding carboxylic acids is 1. The summed E-state index contributed by atoms with van der Waals surface area (Å²) < 4.78 is 5.30. The summed E-state index contributed by atoms with van der Waals surface area (Å²) in [6, 6.07) is 8.33. The van der Waals surface area contributed by atoms with Gasteiger partial charge in [-0.15, -0.1) is 0 Å². The van der Waals surface area contributed by atoms with Crippen molar-refractivity contribution in [3.05, 3.63) is 29.8 Å². The zero-order valence-electron chi connectivity index (χ0n) is 18.1. The fourth-order valence-electron chi connectivity index (χ4n) is 3.21. The van der Waals surface area contributed by atoms with Crippen molar-refractivity contribution in [3.63, 3.8) is 0 Å². The number of benzene rings is 1. The number of nitrogens with zero attached hydrogens (tertiary/aromatic N) is 2. The van der Waals surface area contributed by atoms with Crippen LogP contribution in [0, 0.1) is 0 Å². The molecule has 1 rings (SSSR count). The van der Waals surface area contributed by atoms with E-state index in [2.05, 4.69) is 60.2 Å². The summed E-state index contributed by atoms with van der Waals surface area (Å²) in [6.45, 7) is 12.1. The number of hydrogen-bond donors (Lipinski definition) is 1. The van der Waals surface area contributed by atoms with E-state index in [9.17, 15) is 4.79 Å². The van der Waals surface area contributed by atoms with Crippen molar-refractivity contribution in [2.75, 3.05) is 45.2 Å². The molecule has 0 saturated carbocycles. The molecule has 0 aliphatic heterocycles. The predicted octanol–water partition coefficient (Wildman–Crippen LogP) is 3.33. The van der Waals surface area contributed by atoms with Crippen molar-refractivity contribution in [2.24, 2.45) is 0 Å². The highest BCUT2D eigenvalue weighted by Gasteiger charge is 2.22. The first-order valence-electron chi connectivity index (χ1n) is 10.3. The van der Waals surface area contributed by atoms with Crippen molar-refractivity contribution < 1.29 is 9.53 Å². The van der Waals surface area contributed by atoms with Crippen LogP contribution in [-0.2, 0) is 16.0 Å². The molecule has 0 aliphatic rings. The van der Waals surface area contributed by atoms with Gasteiger partial charge in [0.25, 0.3) is 0 Å². The highest BCUT2D eigenvalue weighted by atomic mass is 16.5. The van der Waals surface area contributed by atoms with Crippen LogP contribution in [0.3, 0.4) is 0 Å². The van der Waals surface area contributed by atoms with E-state index in [4.69, 9.17) is 4.74 Å². The molecule has 0 spiro atoms. The van der Waals surface area contributed by atoms with Crippen LogP contribution in [0.1, 0.15) is 46.1 Å². The standard InChI is InChI=1S/C22H39N3O2/c1-7-25(8-2)16-10-11-18(4)23-21(22(26)27-9-3)17-19-12-14-20(15-13-19)24(5)6/h12-15,18,21,23H,7-11,16-17H2,1-6H3. The van der Waals surface area contributed by atoms with Crippen LogP contribution in [-0.4, -0.2) is 63.3 Å². The molecule has 0 fully saturated rings. The Bertz CT molecular complexity index is 527. The lowest BCUT2D eigenvalue weighted by Gasteiger charge is -2.24. The summed E-state index contributed by atoms with van der Waals surface area (Å²) >= 11 is 0. The van der Waals surface area contributed by atoms with Gasteiger partial charge in [-0.25, -0.2) is 0 Å². The van der Waals surface area contributed by atoms with E-state index in [1.807, 2.05) is 21.0 Å². The second kappa shape index (κ2) is 12.7. The van der Waals surface area contributed by atoms with Gasteiger partial charge in [0.15, 0.2) is 0 Å². The van der Waals surface area contributed by atoms with E-state index in [1.165, 1.54) is 0 Å². The van der Waals surface area contributed by atoms with E-state index < -0.39 is 0 Å². The molecule has 5 nitrogen and oxygen atoms in total. The largest absolute Gasteiger partial charge is 0.465 e. The SMILES string of the molecule is CCOC(=O)C(Cc1ccc(N(C)C)cc1)NC(C)CCCN(CC)CC. The Kier molecular flexibility index (Phi) is 11.1. The van der Waals surface area contributed by atoms with Gasteiger partial charge in [-0.2, -0.15) is 0 Å². The zero-order chi connectivity index (χ0) is 20.2. The minimum atomic E-state index is -0.307. The monoisotopic (exact) mass is 377 g/mol. The van der Waals surface area contributed by atoms with Gasteiger partial charge in [0, 0.05) is 25.8 Å². The Balaban J connectivity index is 2.64. The highest BCUT2D eigenvalue weighted by Crippen LogP contribution is 2.14. The zero-order valence-corrected chi connectivity index (χ0v) is 18.1. The van der Waals surface area contributed by atoms with Crippen molar-refractivity contribution in [2.45, 2.75) is 59.0 Å². The number of rotatable bonds is 13. The Labute approximate surface area is 166 Å². The maximum atomic E-state index is 12.4. The quantitative estimate of drug-likeness (QED) is 0.534. The topological polar surface area (TPSA) is 44.8 Å². The lowest BCUT2D eigenvalue weighted by Crippen LogP contribution is -2.44. The van der Waals surface area contributed by atoms with Crippen molar-refractivity contribution >= 4 is 11.7 Å². The summed E-state index contributed by atoms with van der Waals surface area (Å²) in [6.07, 6.45) is 2.82. The number of esters is 1. The molecule has 0 heterocycles. The molecule has 1 N–H and O–H groups in total. The first kappa shape index (κ1) is 23.4. The summed E-state index contributed by atoms with van der Waals surface area (Å²) in [5.74, 6) is -0.162. The molecule has 154 valence electrons. The lowest BCUT2D eigenvalue weighted by molar-refractivity contribution is -0.145. The van der Waals surface area contributed by atoms with Crippen LogP contribution in [0.5, 0.6) is 0 Å². The van der Waals surface area contributed by atoms with E-state index in [-0.39, 0.29) is 18.1 Å². The number of nitrogens with one attached hydrogen (secondary N) is 1. The van der Waals surface area contributed by atoms with Gasteiger partial charge in [-0.1, -0.05) is 26.0 Å². The van der Waals surface area contributed by atoms with Crippen LogP contribution in [0.2, 0.25) is 0 Å². The van der Waals surface area contributed by atoms with E-state index in [1.54, 1.807) is 0 Å². The minimum Gasteiger partial charge on any atom is -0.465 e. The van der Waals surface area contributed by atoms with E-state index >= 15 is 0 Å². The fraction of sp³-hybridized carbons (Fsp3) is 0.682. The lowest BCUT2D eigenvalue weighted by atomic mass is 10.0. The average Bonchev–Trinajstić information content (AvgIpc) is 2.65. The molecule has 0 bridgehead atoms. The molecule has 0 radical (unpaired) electrons. The first-order chi connectivity index (χ1) is 12.9.